The van der Waals surface area contributed by atoms with Gasteiger partial charge < -0.3 is 4.98 Å². The van der Waals surface area contributed by atoms with Crippen molar-refractivity contribution in [2.75, 3.05) is 13.6 Å². The summed E-state index contributed by atoms with van der Waals surface area (Å²) in [6, 6.07) is 1.90. The Hall–Kier alpha value is -0.910. The van der Waals surface area contributed by atoms with E-state index in [0.717, 1.165) is 17.3 Å². The highest BCUT2D eigenvalue weighted by molar-refractivity contribution is 6.30. The van der Waals surface area contributed by atoms with Crippen LogP contribution in [0.5, 0.6) is 0 Å². The minimum absolute atomic E-state index is 0.649. The summed E-state index contributed by atoms with van der Waals surface area (Å²) in [5.41, 5.74) is 1.08. The maximum absolute atomic E-state index is 5.73. The van der Waals surface area contributed by atoms with Gasteiger partial charge in [0.25, 0.3) is 0 Å². The predicted octanol–water partition coefficient (Wildman–Crippen LogP) is 1.73. The molecule has 12 heavy (non-hydrogen) atoms. The van der Waals surface area contributed by atoms with Crippen molar-refractivity contribution in [3.8, 4) is 12.3 Å². The number of H-pyrrole nitrogens is 1. The second-order valence-electron chi connectivity index (χ2n) is 2.72. The van der Waals surface area contributed by atoms with Gasteiger partial charge in [-0.2, -0.15) is 0 Å². The Bertz CT molecular complexity index is 285. The van der Waals surface area contributed by atoms with Gasteiger partial charge >= 0.3 is 0 Å². The molecule has 0 fully saturated rings. The van der Waals surface area contributed by atoms with Crippen molar-refractivity contribution in [3.05, 3.63) is 23.0 Å². The van der Waals surface area contributed by atoms with Gasteiger partial charge in [0.1, 0.15) is 0 Å². The SMILES string of the molecule is C#CCN(C)Cc1cc(Cl)c[nH]1. The molecule has 0 amide bonds. The summed E-state index contributed by atoms with van der Waals surface area (Å²) < 4.78 is 0. The lowest BCUT2D eigenvalue weighted by atomic mass is 10.4. The predicted molar refractivity (Wildman–Crippen MR) is 51.0 cm³/mol. The van der Waals surface area contributed by atoms with Crippen molar-refractivity contribution in [3.63, 3.8) is 0 Å². The maximum Gasteiger partial charge on any atom is 0.0599 e. The molecule has 0 saturated heterocycles. The van der Waals surface area contributed by atoms with Gasteiger partial charge in [-0.3, -0.25) is 4.90 Å². The van der Waals surface area contributed by atoms with Crippen LogP contribution in [0.25, 0.3) is 0 Å². The fraction of sp³-hybridized carbons (Fsp3) is 0.333. The zero-order valence-corrected chi connectivity index (χ0v) is 7.73. The van der Waals surface area contributed by atoms with Crippen LogP contribution in [0, 0.1) is 12.3 Å². The molecule has 0 spiro atoms. The molecule has 0 radical (unpaired) electrons. The number of hydrogen-bond acceptors (Lipinski definition) is 1. The monoisotopic (exact) mass is 182 g/mol. The standard InChI is InChI=1S/C9H11ClN2/c1-3-4-12(2)7-9-5-8(10)6-11-9/h1,5-6,11H,4,7H2,2H3. The van der Waals surface area contributed by atoms with Gasteiger partial charge in [0.2, 0.25) is 0 Å². The smallest absolute Gasteiger partial charge is 0.0599 e. The third-order valence-corrected chi connectivity index (χ3v) is 1.73. The van der Waals surface area contributed by atoms with E-state index in [1.54, 1.807) is 6.20 Å². The van der Waals surface area contributed by atoms with E-state index >= 15 is 0 Å². The first-order valence-corrected chi connectivity index (χ1v) is 4.05. The van der Waals surface area contributed by atoms with Gasteiger partial charge in [-0.1, -0.05) is 17.5 Å². The number of terminal acetylenes is 1. The van der Waals surface area contributed by atoms with Crippen molar-refractivity contribution in [2.24, 2.45) is 0 Å². The normalized spacial score (nSPS) is 10.2. The lowest BCUT2D eigenvalue weighted by Gasteiger charge is -2.10. The van der Waals surface area contributed by atoms with Gasteiger partial charge in [-0.05, 0) is 13.1 Å². The number of aromatic nitrogens is 1. The molecular formula is C9H11ClN2. The van der Waals surface area contributed by atoms with Gasteiger partial charge in [0.05, 0.1) is 11.6 Å². The first kappa shape index (κ1) is 9.18. The van der Waals surface area contributed by atoms with E-state index in [2.05, 4.69) is 10.9 Å². The molecule has 1 aromatic heterocycles. The van der Waals surface area contributed by atoms with E-state index in [1.807, 2.05) is 18.0 Å². The molecule has 0 atom stereocenters. The minimum Gasteiger partial charge on any atom is -0.363 e. The molecule has 0 aliphatic carbocycles. The summed E-state index contributed by atoms with van der Waals surface area (Å²) in [6.07, 6.45) is 6.92. The van der Waals surface area contributed by atoms with Crippen molar-refractivity contribution in [1.82, 2.24) is 9.88 Å². The topological polar surface area (TPSA) is 19.0 Å². The molecule has 3 heteroatoms. The number of halogens is 1. The van der Waals surface area contributed by atoms with Crippen molar-refractivity contribution >= 4 is 11.6 Å². The number of rotatable bonds is 3. The molecule has 0 saturated carbocycles. The van der Waals surface area contributed by atoms with E-state index in [1.165, 1.54) is 0 Å². The van der Waals surface area contributed by atoms with Crippen molar-refractivity contribution in [1.29, 1.82) is 0 Å². The van der Waals surface area contributed by atoms with Crippen LogP contribution in [0.2, 0.25) is 5.02 Å². The Balaban J connectivity index is 2.47. The zero-order chi connectivity index (χ0) is 8.97. The minimum atomic E-state index is 0.649. The van der Waals surface area contributed by atoms with E-state index in [0.29, 0.717) is 6.54 Å². The van der Waals surface area contributed by atoms with Crippen molar-refractivity contribution in [2.45, 2.75) is 6.54 Å². The first-order chi connectivity index (χ1) is 5.72. The molecule has 2 nitrogen and oxygen atoms in total. The molecule has 0 unspecified atom stereocenters. The highest BCUT2D eigenvalue weighted by Gasteiger charge is 1.99. The third kappa shape index (κ3) is 2.61. The van der Waals surface area contributed by atoms with E-state index in [-0.39, 0.29) is 0 Å². The Morgan fingerprint density at radius 1 is 1.75 bits per heavy atom. The number of hydrogen-bond donors (Lipinski definition) is 1. The summed E-state index contributed by atoms with van der Waals surface area (Å²) in [7, 11) is 1.97. The first-order valence-electron chi connectivity index (χ1n) is 3.67. The second-order valence-corrected chi connectivity index (χ2v) is 3.16. The molecule has 0 aromatic carbocycles. The molecule has 1 rings (SSSR count). The van der Waals surface area contributed by atoms with Crippen LogP contribution in [-0.2, 0) is 6.54 Å². The summed E-state index contributed by atoms with van der Waals surface area (Å²) >= 11 is 5.73. The maximum atomic E-state index is 5.73. The Kier molecular flexibility index (Phi) is 3.21. The second kappa shape index (κ2) is 4.20. The van der Waals surface area contributed by atoms with Crippen LogP contribution in [0.15, 0.2) is 12.3 Å². The highest BCUT2D eigenvalue weighted by Crippen LogP contribution is 2.10. The molecule has 1 aromatic rings. The van der Waals surface area contributed by atoms with Gasteiger partial charge in [0.15, 0.2) is 0 Å². The number of nitrogens with one attached hydrogen (secondary N) is 1. The Morgan fingerprint density at radius 3 is 3.00 bits per heavy atom. The number of aromatic amines is 1. The quantitative estimate of drug-likeness (QED) is 0.706. The average molecular weight is 183 g/mol. The Morgan fingerprint density at radius 2 is 2.50 bits per heavy atom. The van der Waals surface area contributed by atoms with Crippen molar-refractivity contribution < 1.29 is 0 Å². The van der Waals surface area contributed by atoms with Crippen LogP contribution >= 0.6 is 11.6 Å². The van der Waals surface area contributed by atoms with Crippen LogP contribution in [-0.4, -0.2) is 23.5 Å². The summed E-state index contributed by atoms with van der Waals surface area (Å²) in [5, 5.41) is 0.735. The molecule has 1 N–H and O–H groups in total. The van der Waals surface area contributed by atoms with Crippen LogP contribution in [0.1, 0.15) is 5.69 Å². The van der Waals surface area contributed by atoms with E-state index < -0.39 is 0 Å². The third-order valence-electron chi connectivity index (χ3n) is 1.51. The van der Waals surface area contributed by atoms with E-state index in [4.69, 9.17) is 18.0 Å². The largest absolute Gasteiger partial charge is 0.363 e. The summed E-state index contributed by atoms with van der Waals surface area (Å²) in [6.45, 7) is 1.45. The molecule has 0 bridgehead atoms. The van der Waals surface area contributed by atoms with Crippen LogP contribution < -0.4 is 0 Å². The summed E-state index contributed by atoms with van der Waals surface area (Å²) in [5.74, 6) is 2.57. The molecular weight excluding hydrogens is 172 g/mol. The highest BCUT2D eigenvalue weighted by atomic mass is 35.5. The van der Waals surface area contributed by atoms with Gasteiger partial charge in [0, 0.05) is 18.4 Å². The summed E-state index contributed by atoms with van der Waals surface area (Å²) in [4.78, 5) is 5.08. The van der Waals surface area contributed by atoms with E-state index in [9.17, 15) is 0 Å². The molecule has 1 heterocycles. The Labute approximate surface area is 77.5 Å². The lowest BCUT2D eigenvalue weighted by molar-refractivity contribution is 0.365. The van der Waals surface area contributed by atoms with Crippen LogP contribution in [0.4, 0.5) is 0 Å². The number of nitrogens with zero attached hydrogens (tertiary/aromatic N) is 1. The zero-order valence-electron chi connectivity index (χ0n) is 6.97. The fourth-order valence-electron chi connectivity index (χ4n) is 1.01. The molecule has 0 aliphatic rings. The fourth-order valence-corrected chi connectivity index (χ4v) is 1.19. The van der Waals surface area contributed by atoms with Gasteiger partial charge in [-0.15, -0.1) is 6.42 Å². The lowest BCUT2D eigenvalue weighted by Crippen LogP contribution is -2.17. The van der Waals surface area contributed by atoms with Gasteiger partial charge in [-0.25, -0.2) is 0 Å². The average Bonchev–Trinajstić information content (AvgIpc) is 2.36. The van der Waals surface area contributed by atoms with Crippen LogP contribution in [0.3, 0.4) is 0 Å². The molecule has 0 aliphatic heterocycles. The molecule has 64 valence electrons.